The van der Waals surface area contributed by atoms with Gasteiger partial charge >= 0.3 is 12.2 Å². The molecule has 1 aromatic rings. The first-order valence-electron chi connectivity index (χ1n) is 6.84. The normalized spacial score (nSPS) is 15.0. The zero-order valence-corrected chi connectivity index (χ0v) is 12.4. The van der Waals surface area contributed by atoms with Crippen molar-refractivity contribution in [2.24, 2.45) is 0 Å². The Bertz CT molecular complexity index is 575. The summed E-state index contributed by atoms with van der Waals surface area (Å²) in [6.45, 7) is -1.18. The third kappa shape index (κ3) is 4.51. The van der Waals surface area contributed by atoms with E-state index in [0.29, 0.717) is 18.0 Å². The maximum atomic E-state index is 12.2. The second kappa shape index (κ2) is 6.76. The highest BCUT2D eigenvalue weighted by molar-refractivity contribution is 5.96. The van der Waals surface area contributed by atoms with Gasteiger partial charge in [0.1, 0.15) is 18.8 Å². The molecule has 0 spiro atoms. The number of halogens is 3. The summed E-state index contributed by atoms with van der Waals surface area (Å²) in [5.41, 5.74) is 0.633. The van der Waals surface area contributed by atoms with E-state index >= 15 is 0 Å². The predicted molar refractivity (Wildman–Crippen MR) is 76.4 cm³/mol. The summed E-state index contributed by atoms with van der Waals surface area (Å²) in [6, 6.07) is 6.37. The van der Waals surface area contributed by atoms with Crippen LogP contribution in [0.15, 0.2) is 24.3 Å². The molecule has 1 saturated heterocycles. The molecule has 23 heavy (non-hydrogen) atoms. The lowest BCUT2D eigenvalue weighted by atomic mass is 10.3. The Hall–Kier alpha value is -2.45. The maximum Gasteiger partial charge on any atom is 0.405 e. The van der Waals surface area contributed by atoms with Gasteiger partial charge in [-0.25, -0.2) is 4.79 Å². The second-order valence-electron chi connectivity index (χ2n) is 4.95. The second-order valence-corrected chi connectivity index (χ2v) is 4.95. The third-order valence-corrected chi connectivity index (χ3v) is 3.30. The van der Waals surface area contributed by atoms with Crippen molar-refractivity contribution in [2.75, 3.05) is 38.2 Å². The molecule has 0 saturated carbocycles. The molecule has 6 nitrogen and oxygen atoms in total. The van der Waals surface area contributed by atoms with E-state index in [4.69, 9.17) is 4.74 Å². The fourth-order valence-corrected chi connectivity index (χ4v) is 2.16. The molecule has 0 aliphatic carbocycles. The minimum atomic E-state index is -4.47. The van der Waals surface area contributed by atoms with Crippen LogP contribution in [0.5, 0.6) is 5.75 Å². The Labute approximate surface area is 130 Å². The molecule has 1 aliphatic rings. The van der Waals surface area contributed by atoms with Crippen LogP contribution in [0.3, 0.4) is 0 Å². The molecule has 9 heteroatoms. The molecular weight excluding hydrogens is 315 g/mol. The molecule has 0 atom stereocenters. The van der Waals surface area contributed by atoms with Gasteiger partial charge in [-0.05, 0) is 24.3 Å². The molecule has 2 rings (SSSR count). The Morgan fingerprint density at radius 3 is 2.48 bits per heavy atom. The van der Waals surface area contributed by atoms with Crippen molar-refractivity contribution >= 4 is 17.6 Å². The summed E-state index contributed by atoms with van der Waals surface area (Å²) in [6.07, 6.45) is -4.47. The average molecular weight is 331 g/mol. The Morgan fingerprint density at radius 1 is 1.26 bits per heavy atom. The van der Waals surface area contributed by atoms with Crippen LogP contribution in [-0.4, -0.2) is 56.3 Å². The summed E-state index contributed by atoms with van der Waals surface area (Å²) < 4.78 is 41.1. The van der Waals surface area contributed by atoms with Crippen LogP contribution < -0.4 is 15.0 Å². The van der Waals surface area contributed by atoms with E-state index in [2.05, 4.69) is 0 Å². The van der Waals surface area contributed by atoms with Gasteiger partial charge in [-0.1, -0.05) is 0 Å². The number of carbonyl (C=O) groups excluding carboxylic acids is 2. The number of carbonyl (C=O) groups is 2. The van der Waals surface area contributed by atoms with Crippen molar-refractivity contribution in [3.8, 4) is 5.75 Å². The number of benzene rings is 1. The maximum absolute atomic E-state index is 12.2. The van der Waals surface area contributed by atoms with Crippen molar-refractivity contribution in [3.63, 3.8) is 0 Å². The van der Waals surface area contributed by atoms with E-state index in [9.17, 15) is 22.8 Å². The monoisotopic (exact) mass is 331 g/mol. The van der Waals surface area contributed by atoms with Gasteiger partial charge in [0.2, 0.25) is 5.91 Å². The molecule has 0 aromatic heterocycles. The fraction of sp³-hybridized carbons (Fsp3) is 0.429. The highest BCUT2D eigenvalue weighted by atomic mass is 19.4. The van der Waals surface area contributed by atoms with Crippen molar-refractivity contribution in [1.82, 2.24) is 10.2 Å². The quantitative estimate of drug-likeness (QED) is 0.892. The van der Waals surface area contributed by atoms with Crippen LogP contribution in [0.25, 0.3) is 0 Å². The summed E-state index contributed by atoms with van der Waals surface area (Å²) in [5.74, 6) is -0.198. The number of hydrogen-bond acceptors (Lipinski definition) is 3. The number of hydrogen-bond donors (Lipinski definition) is 1. The van der Waals surface area contributed by atoms with Crippen LogP contribution in [0.1, 0.15) is 0 Å². The number of anilines is 1. The molecule has 0 bridgehead atoms. The van der Waals surface area contributed by atoms with E-state index in [1.807, 2.05) is 0 Å². The molecule has 1 heterocycles. The Morgan fingerprint density at radius 2 is 1.91 bits per heavy atom. The molecule has 1 aliphatic heterocycles. The zero-order valence-electron chi connectivity index (χ0n) is 12.4. The first kappa shape index (κ1) is 16.9. The Balaban J connectivity index is 1.92. The number of amides is 3. The lowest BCUT2D eigenvalue weighted by molar-refractivity contribution is -0.138. The minimum absolute atomic E-state index is 0.268. The van der Waals surface area contributed by atoms with Crippen LogP contribution in [-0.2, 0) is 4.79 Å². The van der Waals surface area contributed by atoms with Crippen LogP contribution in [0.2, 0.25) is 0 Å². The average Bonchev–Trinajstić information content (AvgIpc) is 2.86. The van der Waals surface area contributed by atoms with Gasteiger partial charge in [0.15, 0.2) is 0 Å². The fourth-order valence-electron chi connectivity index (χ4n) is 2.16. The molecule has 126 valence electrons. The first-order chi connectivity index (χ1) is 10.8. The number of urea groups is 1. The van der Waals surface area contributed by atoms with Crippen molar-refractivity contribution in [1.29, 1.82) is 0 Å². The number of alkyl halides is 3. The number of ether oxygens (including phenoxy) is 1. The zero-order chi connectivity index (χ0) is 17.0. The first-order valence-corrected chi connectivity index (χ1v) is 6.84. The summed E-state index contributed by atoms with van der Waals surface area (Å²) in [4.78, 5) is 26.4. The molecule has 0 radical (unpaired) electrons. The summed E-state index contributed by atoms with van der Waals surface area (Å²) >= 11 is 0. The number of methoxy groups -OCH3 is 1. The molecular formula is C14H16F3N3O3. The standard InChI is InChI=1S/C14H16F3N3O3/c1-23-11-4-2-10(3-5-11)20-7-6-19(13(20)22)8-12(21)18-9-14(15,16)17/h2-5H,6-9H2,1H3,(H,18,21). The van der Waals surface area contributed by atoms with Crippen molar-refractivity contribution < 1.29 is 27.5 Å². The molecule has 3 amide bonds. The van der Waals surface area contributed by atoms with Crippen LogP contribution in [0.4, 0.5) is 23.7 Å². The summed E-state index contributed by atoms with van der Waals surface area (Å²) in [7, 11) is 1.53. The number of rotatable bonds is 5. The van der Waals surface area contributed by atoms with Gasteiger partial charge < -0.3 is 15.0 Å². The SMILES string of the molecule is COc1ccc(N2CCN(CC(=O)NCC(F)(F)F)C2=O)cc1. The highest BCUT2D eigenvalue weighted by Gasteiger charge is 2.32. The van der Waals surface area contributed by atoms with Gasteiger partial charge in [0.05, 0.1) is 7.11 Å². The molecule has 1 fully saturated rings. The van der Waals surface area contributed by atoms with Gasteiger partial charge in [0.25, 0.3) is 0 Å². The van der Waals surface area contributed by atoms with Gasteiger partial charge in [-0.2, -0.15) is 13.2 Å². The predicted octanol–water partition coefficient (Wildman–Crippen LogP) is 1.62. The third-order valence-electron chi connectivity index (χ3n) is 3.30. The molecule has 0 unspecified atom stereocenters. The lowest BCUT2D eigenvalue weighted by Crippen LogP contribution is -2.42. The van der Waals surface area contributed by atoms with Crippen LogP contribution >= 0.6 is 0 Å². The van der Waals surface area contributed by atoms with Crippen molar-refractivity contribution in [2.45, 2.75) is 6.18 Å². The van der Waals surface area contributed by atoms with E-state index < -0.39 is 31.2 Å². The minimum Gasteiger partial charge on any atom is -0.497 e. The number of nitrogens with one attached hydrogen (secondary N) is 1. The molecule has 1 N–H and O–H groups in total. The topological polar surface area (TPSA) is 61.9 Å². The largest absolute Gasteiger partial charge is 0.497 e. The lowest BCUT2D eigenvalue weighted by Gasteiger charge is -2.19. The molecule has 1 aromatic carbocycles. The van der Waals surface area contributed by atoms with Gasteiger partial charge in [-0.3, -0.25) is 9.69 Å². The Kier molecular flexibility index (Phi) is 4.97. The van der Waals surface area contributed by atoms with Gasteiger partial charge in [0, 0.05) is 18.8 Å². The highest BCUT2D eigenvalue weighted by Crippen LogP contribution is 2.23. The van der Waals surface area contributed by atoms with Gasteiger partial charge in [-0.15, -0.1) is 0 Å². The van der Waals surface area contributed by atoms with E-state index in [0.717, 1.165) is 0 Å². The van der Waals surface area contributed by atoms with E-state index in [1.165, 1.54) is 16.9 Å². The number of nitrogens with zero attached hydrogens (tertiary/aromatic N) is 2. The van der Waals surface area contributed by atoms with E-state index in [1.54, 1.807) is 29.6 Å². The smallest absolute Gasteiger partial charge is 0.405 e. The van der Waals surface area contributed by atoms with Crippen molar-refractivity contribution in [3.05, 3.63) is 24.3 Å². The van der Waals surface area contributed by atoms with Crippen LogP contribution in [0, 0.1) is 0 Å². The summed E-state index contributed by atoms with van der Waals surface area (Å²) in [5, 5.41) is 1.75. The van der Waals surface area contributed by atoms with E-state index in [-0.39, 0.29) is 6.54 Å².